The van der Waals surface area contributed by atoms with Crippen molar-refractivity contribution in [3.8, 4) is 6.07 Å². The predicted molar refractivity (Wildman–Crippen MR) is 86.5 cm³/mol. The van der Waals surface area contributed by atoms with E-state index in [2.05, 4.69) is 6.07 Å². The fourth-order valence-corrected chi connectivity index (χ4v) is 5.64. The maximum absolute atomic E-state index is 13.6. The minimum Gasteiger partial charge on any atom is -0.633 e. The van der Waals surface area contributed by atoms with Crippen molar-refractivity contribution in [1.82, 2.24) is 0 Å². The zero-order valence-corrected chi connectivity index (χ0v) is 13.2. The molecule has 2 aromatic rings. The highest BCUT2D eigenvalue weighted by Gasteiger charge is 2.52. The van der Waals surface area contributed by atoms with Crippen LogP contribution in [0.4, 0.5) is 5.69 Å². The molecule has 0 saturated heterocycles. The normalized spacial score (nSPS) is 23.1. The van der Waals surface area contributed by atoms with Crippen molar-refractivity contribution in [2.75, 3.05) is 11.3 Å². The SMILES string of the molecule is CCO[P+]1([O-])c2ccccc2C(CC#N)N1c1ccccc1. The molecular formula is C17H17N2O2P. The van der Waals surface area contributed by atoms with Crippen LogP contribution >= 0.6 is 7.87 Å². The Labute approximate surface area is 131 Å². The van der Waals surface area contributed by atoms with Crippen molar-refractivity contribution in [2.45, 2.75) is 19.4 Å². The second-order valence-electron chi connectivity index (χ2n) is 5.06. The van der Waals surface area contributed by atoms with Gasteiger partial charge in [0.15, 0.2) is 0 Å². The highest BCUT2D eigenvalue weighted by Crippen LogP contribution is 2.65. The van der Waals surface area contributed by atoms with E-state index in [0.29, 0.717) is 11.9 Å². The quantitative estimate of drug-likeness (QED) is 0.814. The van der Waals surface area contributed by atoms with Crippen LogP contribution in [0.15, 0.2) is 54.6 Å². The van der Waals surface area contributed by atoms with Gasteiger partial charge in [0.25, 0.3) is 0 Å². The van der Waals surface area contributed by atoms with Crippen molar-refractivity contribution < 1.29 is 9.42 Å². The fraction of sp³-hybridized carbons (Fsp3) is 0.235. The molecule has 0 N–H and O–H groups in total. The zero-order valence-electron chi connectivity index (χ0n) is 12.3. The molecule has 3 rings (SSSR count). The van der Waals surface area contributed by atoms with Crippen molar-refractivity contribution in [2.24, 2.45) is 0 Å². The number of benzene rings is 2. The fourth-order valence-electron chi connectivity index (χ4n) is 2.96. The summed E-state index contributed by atoms with van der Waals surface area (Å²) in [6.45, 7) is 2.19. The van der Waals surface area contributed by atoms with Gasteiger partial charge in [-0.1, -0.05) is 36.4 Å². The summed E-state index contributed by atoms with van der Waals surface area (Å²) >= 11 is 0. The molecule has 5 heteroatoms. The van der Waals surface area contributed by atoms with Crippen molar-refractivity contribution in [1.29, 1.82) is 5.26 Å². The molecule has 0 aromatic heterocycles. The monoisotopic (exact) mass is 312 g/mol. The lowest BCUT2D eigenvalue weighted by atomic mass is 10.0. The Morgan fingerprint density at radius 3 is 2.55 bits per heavy atom. The van der Waals surface area contributed by atoms with Gasteiger partial charge in [-0.25, -0.2) is 9.19 Å². The Bertz CT molecular complexity index is 701. The number of hydrogen-bond acceptors (Lipinski definition) is 4. The highest BCUT2D eigenvalue weighted by molar-refractivity contribution is 7.74. The smallest absolute Gasteiger partial charge is 0.231 e. The zero-order chi connectivity index (χ0) is 15.6. The van der Waals surface area contributed by atoms with Gasteiger partial charge in [-0.15, -0.1) is 0 Å². The summed E-state index contributed by atoms with van der Waals surface area (Å²) in [6.07, 6.45) is 0.267. The van der Waals surface area contributed by atoms with Crippen molar-refractivity contribution in [3.05, 3.63) is 60.2 Å². The molecule has 0 bridgehead atoms. The molecule has 0 aliphatic carbocycles. The number of nitriles is 1. The Morgan fingerprint density at radius 1 is 1.18 bits per heavy atom. The molecule has 0 saturated carbocycles. The third-order valence-corrected chi connectivity index (χ3v) is 6.49. The topological polar surface area (TPSA) is 59.3 Å². The van der Waals surface area contributed by atoms with E-state index in [1.54, 1.807) is 4.67 Å². The minimum absolute atomic E-state index is 0.249. The first-order valence-electron chi connectivity index (χ1n) is 7.28. The first-order chi connectivity index (χ1) is 10.7. The van der Waals surface area contributed by atoms with Crippen molar-refractivity contribution in [3.63, 3.8) is 0 Å². The molecule has 22 heavy (non-hydrogen) atoms. The molecule has 112 valence electrons. The summed E-state index contributed by atoms with van der Waals surface area (Å²) in [5, 5.41) is 9.92. The minimum atomic E-state index is -3.20. The van der Waals surface area contributed by atoms with E-state index in [4.69, 9.17) is 4.52 Å². The van der Waals surface area contributed by atoms with Gasteiger partial charge in [0.05, 0.1) is 24.8 Å². The second kappa shape index (κ2) is 6.06. The summed E-state index contributed by atoms with van der Waals surface area (Å²) in [6, 6.07) is 19.0. The summed E-state index contributed by atoms with van der Waals surface area (Å²) in [4.78, 5) is 13.6. The Kier molecular flexibility index (Phi) is 4.13. The molecular weight excluding hydrogens is 295 g/mol. The first kappa shape index (κ1) is 15.0. The molecule has 0 amide bonds. The molecule has 0 radical (unpaired) electrons. The maximum Gasteiger partial charge on any atom is 0.231 e. The Morgan fingerprint density at radius 2 is 1.86 bits per heavy atom. The van der Waals surface area contributed by atoms with Gasteiger partial charge in [0.1, 0.15) is 11.3 Å². The van der Waals surface area contributed by atoms with Crippen LogP contribution in [0.1, 0.15) is 24.9 Å². The summed E-state index contributed by atoms with van der Waals surface area (Å²) < 4.78 is 7.53. The molecule has 1 aliphatic heterocycles. The number of anilines is 1. The van der Waals surface area contributed by atoms with Crippen LogP contribution in [0.5, 0.6) is 0 Å². The Balaban J connectivity index is 2.18. The molecule has 2 unspecified atom stereocenters. The van der Waals surface area contributed by atoms with Gasteiger partial charge < -0.3 is 4.89 Å². The predicted octanol–water partition coefficient (Wildman–Crippen LogP) is 2.95. The van der Waals surface area contributed by atoms with Crippen LogP contribution in [0.25, 0.3) is 0 Å². The van der Waals surface area contributed by atoms with Crippen LogP contribution in [-0.4, -0.2) is 6.61 Å². The van der Waals surface area contributed by atoms with Crippen LogP contribution in [0, 0.1) is 11.3 Å². The summed E-state index contributed by atoms with van der Waals surface area (Å²) in [5.41, 5.74) is 1.74. The van der Waals surface area contributed by atoms with E-state index in [9.17, 15) is 10.2 Å². The molecule has 1 aliphatic rings. The molecule has 0 spiro atoms. The lowest BCUT2D eigenvalue weighted by molar-refractivity contribution is -0.188. The first-order valence-corrected chi connectivity index (χ1v) is 8.86. The standard InChI is InChI=1S/C17H17N2O2P/c1-2-21-22(20)17-11-7-6-10-15(17)16(12-13-18)19(22)14-8-4-3-5-9-14/h3-11,16H,2,12H2,1H3. The Hall–Kier alpha value is -1.92. The number of rotatable bonds is 4. The molecule has 4 nitrogen and oxygen atoms in total. The summed E-state index contributed by atoms with van der Waals surface area (Å²) in [7, 11) is -3.20. The number of fused-ring (bicyclic) bond motifs is 1. The van der Waals surface area contributed by atoms with Crippen LogP contribution in [-0.2, 0) is 4.52 Å². The third kappa shape index (κ3) is 2.28. The van der Waals surface area contributed by atoms with E-state index in [1.807, 2.05) is 61.5 Å². The van der Waals surface area contributed by atoms with Gasteiger partial charge in [0, 0.05) is 5.56 Å². The van der Waals surface area contributed by atoms with E-state index in [0.717, 1.165) is 11.3 Å². The van der Waals surface area contributed by atoms with E-state index in [-0.39, 0.29) is 12.5 Å². The van der Waals surface area contributed by atoms with Crippen LogP contribution < -0.4 is 14.9 Å². The largest absolute Gasteiger partial charge is 0.633 e. The van der Waals surface area contributed by atoms with Gasteiger partial charge in [-0.3, -0.25) is 0 Å². The van der Waals surface area contributed by atoms with E-state index < -0.39 is 7.87 Å². The number of para-hydroxylation sites is 1. The van der Waals surface area contributed by atoms with Crippen molar-refractivity contribution >= 4 is 18.9 Å². The van der Waals surface area contributed by atoms with E-state index >= 15 is 0 Å². The van der Waals surface area contributed by atoms with E-state index in [1.165, 1.54) is 0 Å². The van der Waals surface area contributed by atoms with Gasteiger partial charge in [-0.2, -0.15) is 5.26 Å². The van der Waals surface area contributed by atoms with Gasteiger partial charge in [0.2, 0.25) is 7.87 Å². The lowest BCUT2D eigenvalue weighted by Crippen LogP contribution is -2.34. The maximum atomic E-state index is 13.6. The second-order valence-corrected chi connectivity index (χ2v) is 7.27. The average Bonchev–Trinajstić information content (AvgIpc) is 2.79. The molecule has 2 aromatic carbocycles. The lowest BCUT2D eigenvalue weighted by Gasteiger charge is -2.36. The average molecular weight is 312 g/mol. The highest BCUT2D eigenvalue weighted by atomic mass is 31.2. The van der Waals surface area contributed by atoms with Gasteiger partial charge in [-0.05, 0) is 25.1 Å². The number of hydrogen-bond donors (Lipinski definition) is 0. The van der Waals surface area contributed by atoms with Gasteiger partial charge >= 0.3 is 0 Å². The molecule has 1 heterocycles. The van der Waals surface area contributed by atoms with Crippen LogP contribution in [0.3, 0.4) is 0 Å². The third-order valence-electron chi connectivity index (χ3n) is 3.79. The molecule has 2 atom stereocenters. The van der Waals surface area contributed by atoms with Crippen LogP contribution in [0.2, 0.25) is 0 Å². The summed E-state index contributed by atoms with van der Waals surface area (Å²) in [5.74, 6) is 0. The molecule has 0 fully saturated rings. The number of nitrogens with zero attached hydrogens (tertiary/aromatic N) is 2.